The highest BCUT2D eigenvalue weighted by Crippen LogP contribution is 2.19. The standard InChI is InChI=1S/3C7H20Si2/c3*1-8(2,3)7-9(4,5)6/h3*7H2,1-6H3. The summed E-state index contributed by atoms with van der Waals surface area (Å²) in [6.45, 7) is 44.3. The molecule has 0 nitrogen and oxygen atoms in total. The van der Waals surface area contributed by atoms with Crippen LogP contribution in [-0.4, -0.2) is 48.4 Å². The Morgan fingerprint density at radius 1 is 0.222 bits per heavy atom. The van der Waals surface area contributed by atoms with Crippen molar-refractivity contribution in [2.75, 3.05) is 0 Å². The van der Waals surface area contributed by atoms with Crippen LogP contribution in [0.3, 0.4) is 0 Å². The molecule has 0 saturated carbocycles. The predicted octanol–water partition coefficient (Wildman–Crippen LogP) is 9.61. The van der Waals surface area contributed by atoms with Gasteiger partial charge < -0.3 is 0 Å². The topological polar surface area (TPSA) is 0 Å². The first-order valence-electron chi connectivity index (χ1n) is 11.1. The zero-order chi connectivity index (χ0) is 23.1. The Morgan fingerprint density at radius 2 is 0.296 bits per heavy atom. The van der Waals surface area contributed by atoms with Gasteiger partial charge in [-0.05, 0) is 0 Å². The van der Waals surface area contributed by atoms with Crippen LogP contribution in [0.4, 0.5) is 0 Å². The predicted molar refractivity (Wildman–Crippen MR) is 154 cm³/mol. The van der Waals surface area contributed by atoms with Crippen molar-refractivity contribution in [2.45, 2.75) is 135 Å². The van der Waals surface area contributed by atoms with Gasteiger partial charge in [0.1, 0.15) is 0 Å². The van der Waals surface area contributed by atoms with Crippen molar-refractivity contribution in [2.24, 2.45) is 0 Å². The van der Waals surface area contributed by atoms with Gasteiger partial charge in [0.15, 0.2) is 0 Å². The second kappa shape index (κ2) is 11.6. The fourth-order valence-electron chi connectivity index (χ4n) is 4.77. The minimum absolute atomic E-state index is 0.731. The maximum Gasteiger partial charge on any atom is 0.0416 e. The van der Waals surface area contributed by atoms with Crippen LogP contribution in [0.5, 0.6) is 0 Å². The lowest BCUT2D eigenvalue weighted by Gasteiger charge is -2.25. The first-order chi connectivity index (χ1) is 11.1. The minimum atomic E-state index is -0.731. The van der Waals surface area contributed by atoms with E-state index in [1.54, 1.807) is 17.0 Å². The van der Waals surface area contributed by atoms with E-state index < -0.39 is 48.4 Å². The van der Waals surface area contributed by atoms with Crippen molar-refractivity contribution in [3.63, 3.8) is 0 Å². The molecule has 0 aliphatic heterocycles. The van der Waals surface area contributed by atoms with E-state index >= 15 is 0 Å². The average molecular weight is 481 g/mol. The molecule has 0 spiro atoms. The molecule has 0 amide bonds. The highest BCUT2D eigenvalue weighted by Gasteiger charge is 2.24. The van der Waals surface area contributed by atoms with E-state index in [4.69, 9.17) is 0 Å². The molecule has 0 heterocycles. The zero-order valence-corrected chi connectivity index (χ0v) is 29.1. The first kappa shape index (κ1) is 33.0. The normalized spacial score (nSPS) is 14.0. The molecule has 0 saturated heterocycles. The highest BCUT2D eigenvalue weighted by molar-refractivity contribution is 6.95. The van der Waals surface area contributed by atoms with Crippen LogP contribution in [0.15, 0.2) is 0 Å². The fourth-order valence-corrected chi connectivity index (χ4v) is 43.0. The van der Waals surface area contributed by atoms with E-state index in [1.807, 2.05) is 0 Å². The third-order valence-electron chi connectivity index (χ3n) is 3.18. The molecule has 0 bridgehead atoms. The SMILES string of the molecule is C[Si](C)(C)C[Si](C)(C)C.C[Si](C)(C)C[Si](C)(C)C.C[Si](C)(C)C[Si](C)(C)C. The summed E-state index contributed by atoms with van der Waals surface area (Å²) < 4.78 is 0. The summed E-state index contributed by atoms with van der Waals surface area (Å²) in [4.78, 5) is 0. The Balaban J connectivity index is -0.000000320. The summed E-state index contributed by atoms with van der Waals surface area (Å²) in [5, 5.41) is 0. The Kier molecular flexibility index (Phi) is 14.2. The summed E-state index contributed by atoms with van der Waals surface area (Å²) in [5.74, 6) is 0. The maximum atomic E-state index is 2.46. The molecule has 0 aromatic carbocycles. The van der Waals surface area contributed by atoms with Gasteiger partial charge >= 0.3 is 0 Å². The molecule has 0 unspecified atom stereocenters. The smallest absolute Gasteiger partial charge is 0.0416 e. The molecule has 168 valence electrons. The Labute approximate surface area is 182 Å². The van der Waals surface area contributed by atoms with Gasteiger partial charge in [-0.3, -0.25) is 0 Å². The molecule has 0 rings (SSSR count). The van der Waals surface area contributed by atoms with Crippen molar-refractivity contribution in [1.29, 1.82) is 0 Å². The lowest BCUT2D eigenvalue weighted by Crippen LogP contribution is -2.34. The van der Waals surface area contributed by atoms with Crippen molar-refractivity contribution >= 4 is 48.4 Å². The number of hydrogen-bond acceptors (Lipinski definition) is 0. The second-order valence-corrected chi connectivity index (χ2v) is 50.9. The van der Waals surface area contributed by atoms with Gasteiger partial charge in [-0.1, -0.05) is 135 Å². The molecule has 0 aliphatic carbocycles. The van der Waals surface area contributed by atoms with E-state index in [1.165, 1.54) is 0 Å². The van der Waals surface area contributed by atoms with Crippen molar-refractivity contribution < 1.29 is 0 Å². The summed E-state index contributed by atoms with van der Waals surface area (Å²) in [5.41, 5.74) is 4.71. The molecule has 0 N–H and O–H groups in total. The molecule has 0 aromatic rings. The maximum absolute atomic E-state index is 2.46. The van der Waals surface area contributed by atoms with E-state index in [9.17, 15) is 0 Å². The molecule has 0 radical (unpaired) electrons. The van der Waals surface area contributed by atoms with Crippen LogP contribution in [0.2, 0.25) is 135 Å². The summed E-state index contributed by atoms with van der Waals surface area (Å²) >= 11 is 0. The second-order valence-electron chi connectivity index (χ2n) is 15.9. The Morgan fingerprint density at radius 3 is 0.296 bits per heavy atom. The van der Waals surface area contributed by atoms with Crippen molar-refractivity contribution in [3.05, 3.63) is 0 Å². The van der Waals surface area contributed by atoms with E-state index in [0.717, 1.165) is 0 Å². The molecule has 0 aromatic heterocycles. The van der Waals surface area contributed by atoms with E-state index in [0.29, 0.717) is 0 Å². The fraction of sp³-hybridized carbons (Fsp3) is 1.00. The molecular weight excluding hydrogens is 421 g/mol. The molecule has 6 heteroatoms. The van der Waals surface area contributed by atoms with Crippen molar-refractivity contribution in [3.8, 4) is 0 Å². The Bertz CT molecular complexity index is 278. The quantitative estimate of drug-likeness (QED) is 0.332. The summed E-state index contributed by atoms with van der Waals surface area (Å²) in [6, 6.07) is 0. The van der Waals surface area contributed by atoms with Crippen LogP contribution >= 0.6 is 0 Å². The van der Waals surface area contributed by atoms with Crippen LogP contribution in [0.1, 0.15) is 0 Å². The van der Waals surface area contributed by atoms with Crippen LogP contribution in [0.25, 0.3) is 0 Å². The Hall–Kier alpha value is 1.30. The third-order valence-corrected chi connectivity index (χ3v) is 28.6. The van der Waals surface area contributed by atoms with Gasteiger partial charge in [0.2, 0.25) is 0 Å². The van der Waals surface area contributed by atoms with Gasteiger partial charge in [-0.15, -0.1) is 0 Å². The van der Waals surface area contributed by atoms with E-state index in [2.05, 4.69) is 118 Å². The lowest BCUT2D eigenvalue weighted by molar-refractivity contribution is 1.51. The first-order valence-corrected chi connectivity index (χ1v) is 33.4. The summed E-state index contributed by atoms with van der Waals surface area (Å²) in [7, 11) is -4.39. The molecular formula is C21H60Si6. The van der Waals surface area contributed by atoms with E-state index in [-0.39, 0.29) is 0 Å². The zero-order valence-electron chi connectivity index (χ0n) is 23.1. The van der Waals surface area contributed by atoms with Gasteiger partial charge in [-0.25, -0.2) is 0 Å². The molecule has 0 fully saturated rings. The van der Waals surface area contributed by atoms with Gasteiger partial charge in [0, 0.05) is 48.4 Å². The monoisotopic (exact) mass is 480 g/mol. The molecule has 27 heavy (non-hydrogen) atoms. The van der Waals surface area contributed by atoms with Crippen LogP contribution in [0, 0.1) is 0 Å². The van der Waals surface area contributed by atoms with Gasteiger partial charge in [0.25, 0.3) is 0 Å². The minimum Gasteiger partial charge on any atom is -0.0698 e. The van der Waals surface area contributed by atoms with Gasteiger partial charge in [0.05, 0.1) is 0 Å². The number of hydrogen-bond donors (Lipinski definition) is 0. The lowest BCUT2D eigenvalue weighted by atomic mass is 11.7. The number of rotatable bonds is 6. The van der Waals surface area contributed by atoms with Crippen LogP contribution in [-0.2, 0) is 0 Å². The largest absolute Gasteiger partial charge is 0.0698 e. The highest BCUT2D eigenvalue weighted by atomic mass is 28.4. The molecule has 0 aliphatic rings. The molecule has 0 atom stereocenters. The van der Waals surface area contributed by atoms with Gasteiger partial charge in [-0.2, -0.15) is 0 Å². The summed E-state index contributed by atoms with van der Waals surface area (Å²) in [6.07, 6.45) is 0. The average Bonchev–Trinajstić information content (AvgIpc) is 1.96. The van der Waals surface area contributed by atoms with Crippen molar-refractivity contribution in [1.82, 2.24) is 0 Å². The van der Waals surface area contributed by atoms with Crippen LogP contribution < -0.4 is 0 Å². The third kappa shape index (κ3) is 46.9.